The van der Waals surface area contributed by atoms with Crippen LogP contribution in [0, 0.1) is 0 Å². The average Bonchev–Trinajstić information content (AvgIpc) is 2.93. The second kappa shape index (κ2) is 8.91. The Hall–Kier alpha value is -1.25. The molecule has 0 bridgehead atoms. The molecule has 1 heterocycles. The van der Waals surface area contributed by atoms with Crippen LogP contribution < -0.4 is 14.8 Å². The minimum absolute atomic E-state index is 0. The lowest BCUT2D eigenvalue weighted by molar-refractivity contribution is -0.133. The van der Waals surface area contributed by atoms with Crippen LogP contribution in [-0.4, -0.2) is 56.8 Å². The maximum atomic E-state index is 13.3. The van der Waals surface area contributed by atoms with Gasteiger partial charge in [0.15, 0.2) is 11.5 Å². The number of hydrogen-bond donors (Lipinski definition) is 1. The van der Waals surface area contributed by atoms with E-state index in [1.807, 2.05) is 18.4 Å². The fourth-order valence-corrected chi connectivity index (χ4v) is 3.32. The fraction of sp³-hybridized carbons (Fsp3) is 0.562. The van der Waals surface area contributed by atoms with Gasteiger partial charge >= 0.3 is 0 Å². The first kappa shape index (κ1) is 21.8. The van der Waals surface area contributed by atoms with Crippen molar-refractivity contribution in [2.24, 2.45) is 0 Å². The number of carbonyl (C=O) groups is 1. The average molecular weight is 397 g/mol. The first-order chi connectivity index (χ1) is 11.3. The van der Waals surface area contributed by atoms with E-state index in [-0.39, 0.29) is 18.3 Å². The van der Waals surface area contributed by atoms with Crippen molar-refractivity contribution in [1.82, 2.24) is 10.2 Å². The molecule has 1 aromatic carbocycles. The number of thioether (sulfide) groups is 1. The predicted octanol–water partition coefficient (Wildman–Crippen LogP) is 2.80. The number of likely N-dealkylation sites (N-methyl/N-ethyl adjacent to an activating group) is 1. The highest BCUT2D eigenvalue weighted by Crippen LogP contribution is 2.35. The third kappa shape index (κ3) is 5.12. The molecule has 0 saturated carbocycles. The van der Waals surface area contributed by atoms with E-state index >= 15 is 0 Å². The molecular weight excluding hydrogens is 374 g/mol. The van der Waals surface area contributed by atoms with E-state index in [9.17, 15) is 13.6 Å². The number of amides is 1. The topological polar surface area (TPSA) is 50.8 Å². The molecule has 0 spiro atoms. The van der Waals surface area contributed by atoms with E-state index in [0.29, 0.717) is 18.0 Å². The van der Waals surface area contributed by atoms with E-state index in [1.54, 1.807) is 21.3 Å². The molecule has 1 N–H and O–H groups in total. The van der Waals surface area contributed by atoms with E-state index in [2.05, 4.69) is 5.32 Å². The highest BCUT2D eigenvalue weighted by Gasteiger charge is 2.43. The third-order valence-corrected chi connectivity index (χ3v) is 4.80. The molecule has 25 heavy (non-hydrogen) atoms. The summed E-state index contributed by atoms with van der Waals surface area (Å²) in [6.45, 7) is -0.150. The van der Waals surface area contributed by atoms with Gasteiger partial charge in [0, 0.05) is 24.9 Å². The van der Waals surface area contributed by atoms with Crippen LogP contribution in [0.3, 0.4) is 0 Å². The van der Waals surface area contributed by atoms with E-state index in [1.165, 1.54) is 16.7 Å². The Morgan fingerprint density at radius 1 is 1.36 bits per heavy atom. The maximum absolute atomic E-state index is 13.3. The van der Waals surface area contributed by atoms with Crippen molar-refractivity contribution in [1.29, 1.82) is 0 Å². The molecule has 9 heteroatoms. The van der Waals surface area contributed by atoms with Crippen molar-refractivity contribution in [2.45, 2.75) is 29.8 Å². The molecule has 1 saturated heterocycles. The predicted molar refractivity (Wildman–Crippen MR) is 96.4 cm³/mol. The lowest BCUT2D eigenvalue weighted by Crippen LogP contribution is -2.41. The number of hydrogen-bond acceptors (Lipinski definition) is 5. The second-order valence-electron chi connectivity index (χ2n) is 5.71. The van der Waals surface area contributed by atoms with Crippen LogP contribution in [0.5, 0.6) is 11.5 Å². The van der Waals surface area contributed by atoms with Gasteiger partial charge < -0.3 is 14.4 Å². The summed E-state index contributed by atoms with van der Waals surface area (Å²) in [7, 11) is 4.71. The molecule has 0 radical (unpaired) electrons. The number of alkyl halides is 2. The van der Waals surface area contributed by atoms with Gasteiger partial charge in [-0.05, 0) is 24.0 Å². The molecule has 2 rings (SSSR count). The van der Waals surface area contributed by atoms with Gasteiger partial charge in [0.2, 0.25) is 5.91 Å². The van der Waals surface area contributed by atoms with Gasteiger partial charge in [0.1, 0.15) is 0 Å². The monoisotopic (exact) mass is 396 g/mol. The molecular formula is C16H23ClF2N2O3S. The molecule has 1 aliphatic heterocycles. The van der Waals surface area contributed by atoms with Gasteiger partial charge in [-0.25, -0.2) is 8.78 Å². The Morgan fingerprint density at radius 2 is 1.96 bits per heavy atom. The highest BCUT2D eigenvalue weighted by molar-refractivity contribution is 7.98. The van der Waals surface area contributed by atoms with Gasteiger partial charge in [-0.15, -0.1) is 24.2 Å². The summed E-state index contributed by atoms with van der Waals surface area (Å²) in [5.74, 6) is -1.99. The van der Waals surface area contributed by atoms with Crippen LogP contribution in [0.15, 0.2) is 17.0 Å². The minimum atomic E-state index is -2.82. The van der Waals surface area contributed by atoms with E-state index in [0.717, 1.165) is 10.5 Å². The second-order valence-corrected chi connectivity index (χ2v) is 6.55. The molecule has 5 nitrogen and oxygen atoms in total. The standard InChI is InChI=1S/C16H22F2N2O3S.ClH/c1-20(15(21)11-7-16(17,18)9-19-11)8-10-5-12(22-2)13(23-3)6-14(10)24-4;/h5-6,11,19H,7-9H2,1-4H3;1H. The number of nitrogens with zero attached hydrogens (tertiary/aromatic N) is 1. The summed E-state index contributed by atoms with van der Waals surface area (Å²) >= 11 is 1.52. The van der Waals surface area contributed by atoms with Crippen molar-refractivity contribution < 1.29 is 23.0 Å². The summed E-state index contributed by atoms with van der Waals surface area (Å²) in [5, 5.41) is 2.59. The van der Waals surface area contributed by atoms with Crippen molar-refractivity contribution in [2.75, 3.05) is 34.1 Å². The summed E-state index contributed by atoms with van der Waals surface area (Å²) in [4.78, 5) is 14.8. The maximum Gasteiger partial charge on any atom is 0.262 e. The zero-order valence-corrected chi connectivity index (χ0v) is 16.2. The first-order valence-electron chi connectivity index (χ1n) is 7.46. The van der Waals surface area contributed by atoms with Crippen molar-refractivity contribution in [3.63, 3.8) is 0 Å². The lowest BCUT2D eigenvalue weighted by Gasteiger charge is -2.23. The van der Waals surface area contributed by atoms with Crippen LogP contribution in [0.2, 0.25) is 0 Å². The van der Waals surface area contributed by atoms with Gasteiger partial charge in [0.05, 0.1) is 26.8 Å². The van der Waals surface area contributed by atoms with Crippen LogP contribution in [-0.2, 0) is 11.3 Å². The Bertz CT molecular complexity index is 619. The minimum Gasteiger partial charge on any atom is -0.493 e. The SMILES string of the molecule is COc1cc(CN(C)C(=O)C2CC(F)(F)CN2)c(SC)cc1OC.Cl. The van der Waals surface area contributed by atoms with Gasteiger partial charge in [0.25, 0.3) is 5.92 Å². The number of ether oxygens (including phenoxy) is 2. The van der Waals surface area contributed by atoms with Gasteiger partial charge in [-0.3, -0.25) is 10.1 Å². The number of rotatable bonds is 6. The highest BCUT2D eigenvalue weighted by atomic mass is 35.5. The van der Waals surface area contributed by atoms with Gasteiger partial charge in [-0.2, -0.15) is 0 Å². The molecule has 1 atom stereocenters. The molecule has 1 aliphatic rings. The number of nitrogens with one attached hydrogen (secondary N) is 1. The molecule has 0 aromatic heterocycles. The fourth-order valence-electron chi connectivity index (χ4n) is 2.71. The normalized spacial score (nSPS) is 18.4. The summed E-state index contributed by atoms with van der Waals surface area (Å²) in [6.07, 6.45) is 1.46. The van der Waals surface area contributed by atoms with Crippen molar-refractivity contribution >= 4 is 30.1 Å². The molecule has 0 aliphatic carbocycles. The van der Waals surface area contributed by atoms with Crippen LogP contribution in [0.25, 0.3) is 0 Å². The number of benzene rings is 1. The van der Waals surface area contributed by atoms with Crippen molar-refractivity contribution in [3.05, 3.63) is 17.7 Å². The quantitative estimate of drug-likeness (QED) is 0.749. The van der Waals surface area contributed by atoms with Crippen LogP contribution in [0.1, 0.15) is 12.0 Å². The first-order valence-corrected chi connectivity index (χ1v) is 8.69. The lowest BCUT2D eigenvalue weighted by atomic mass is 10.1. The Morgan fingerprint density at radius 3 is 2.44 bits per heavy atom. The number of carbonyl (C=O) groups excluding carboxylic acids is 1. The molecule has 1 aromatic rings. The smallest absolute Gasteiger partial charge is 0.262 e. The van der Waals surface area contributed by atoms with Crippen molar-refractivity contribution in [3.8, 4) is 11.5 Å². The number of methoxy groups -OCH3 is 2. The Balaban J connectivity index is 0.00000312. The molecule has 1 fully saturated rings. The number of halogens is 3. The van der Waals surface area contributed by atoms with E-state index in [4.69, 9.17) is 9.47 Å². The largest absolute Gasteiger partial charge is 0.493 e. The Labute approximate surface area is 156 Å². The third-order valence-electron chi connectivity index (χ3n) is 3.98. The zero-order valence-electron chi connectivity index (χ0n) is 14.6. The van der Waals surface area contributed by atoms with Crippen LogP contribution in [0.4, 0.5) is 8.78 Å². The summed E-state index contributed by atoms with van der Waals surface area (Å²) < 4.78 is 37.1. The summed E-state index contributed by atoms with van der Waals surface area (Å²) in [6, 6.07) is 2.81. The van der Waals surface area contributed by atoms with E-state index < -0.39 is 24.9 Å². The molecule has 142 valence electrons. The zero-order chi connectivity index (χ0) is 17.9. The Kier molecular flexibility index (Phi) is 7.77. The van der Waals surface area contributed by atoms with Crippen LogP contribution >= 0.6 is 24.2 Å². The molecule has 1 amide bonds. The molecule has 1 unspecified atom stereocenters. The van der Waals surface area contributed by atoms with Gasteiger partial charge in [-0.1, -0.05) is 0 Å². The summed E-state index contributed by atoms with van der Waals surface area (Å²) in [5.41, 5.74) is 0.876.